The molecule has 2 nitrogen and oxygen atoms in total. The highest BCUT2D eigenvalue weighted by Gasteiger charge is 1.99. The quantitative estimate of drug-likeness (QED) is 0.760. The van der Waals surface area contributed by atoms with Crippen LogP contribution in [-0.4, -0.2) is 5.91 Å². The summed E-state index contributed by atoms with van der Waals surface area (Å²) in [4.78, 5) is 11.1. The number of hydrogen-bond acceptors (Lipinski definition) is 1. The van der Waals surface area contributed by atoms with E-state index in [-0.39, 0.29) is 11.7 Å². The van der Waals surface area contributed by atoms with Gasteiger partial charge in [-0.1, -0.05) is 6.92 Å². The summed E-state index contributed by atoms with van der Waals surface area (Å²) in [7, 11) is 0. The average Bonchev–Trinajstić information content (AvgIpc) is 2.09. The van der Waals surface area contributed by atoms with Gasteiger partial charge in [-0.3, -0.25) is 4.79 Å². The maximum Gasteiger partial charge on any atom is 0.224 e. The average molecular weight is 180 g/mol. The van der Waals surface area contributed by atoms with Gasteiger partial charge in [0, 0.05) is 12.1 Å². The van der Waals surface area contributed by atoms with Crippen molar-refractivity contribution in [3.8, 4) is 0 Å². The third-order valence-electron chi connectivity index (χ3n) is 1.53. The maximum absolute atomic E-state index is 12.4. The summed E-state index contributed by atoms with van der Waals surface area (Å²) in [5.74, 6) is -0.406. The van der Waals surface area contributed by atoms with Crippen LogP contribution in [0.25, 0.3) is 0 Å². The third kappa shape index (κ3) is 3.23. The SMILES string of the molecule is [CH2]CCC(=O)Nc1ccc(F)cc1. The van der Waals surface area contributed by atoms with Crippen molar-refractivity contribution in [1.29, 1.82) is 0 Å². The van der Waals surface area contributed by atoms with Gasteiger partial charge in [-0.05, 0) is 30.7 Å². The number of nitrogens with one attached hydrogen (secondary N) is 1. The Balaban J connectivity index is 2.54. The number of carbonyl (C=O) groups excluding carboxylic acids is 1. The molecule has 1 radical (unpaired) electrons. The molecule has 1 amide bonds. The minimum absolute atomic E-state index is 0.0957. The number of rotatable bonds is 3. The van der Waals surface area contributed by atoms with Gasteiger partial charge >= 0.3 is 0 Å². The lowest BCUT2D eigenvalue weighted by Gasteiger charge is -2.02. The lowest BCUT2D eigenvalue weighted by Crippen LogP contribution is -2.10. The van der Waals surface area contributed by atoms with Crippen LogP contribution >= 0.6 is 0 Å². The summed E-state index contributed by atoms with van der Waals surface area (Å²) >= 11 is 0. The van der Waals surface area contributed by atoms with E-state index < -0.39 is 0 Å². The molecule has 0 aliphatic heterocycles. The van der Waals surface area contributed by atoms with Crippen LogP contribution < -0.4 is 5.32 Å². The van der Waals surface area contributed by atoms with Crippen LogP contribution in [0.15, 0.2) is 24.3 Å². The zero-order valence-electron chi connectivity index (χ0n) is 7.22. The van der Waals surface area contributed by atoms with Crippen molar-refractivity contribution in [2.45, 2.75) is 12.8 Å². The van der Waals surface area contributed by atoms with Crippen molar-refractivity contribution in [1.82, 2.24) is 0 Å². The molecular formula is C10H11FNO. The van der Waals surface area contributed by atoms with Crippen LogP contribution in [0.2, 0.25) is 0 Å². The number of carbonyl (C=O) groups is 1. The van der Waals surface area contributed by atoms with E-state index in [1.165, 1.54) is 24.3 Å². The maximum atomic E-state index is 12.4. The molecule has 0 aliphatic carbocycles. The van der Waals surface area contributed by atoms with Crippen LogP contribution in [0, 0.1) is 12.7 Å². The molecule has 1 rings (SSSR count). The van der Waals surface area contributed by atoms with E-state index in [4.69, 9.17) is 0 Å². The highest BCUT2D eigenvalue weighted by molar-refractivity contribution is 5.90. The standard InChI is InChI=1S/C10H11FNO/c1-2-3-10(13)12-9-6-4-8(11)5-7-9/h4-7H,1-3H2,(H,12,13). The summed E-state index contributed by atoms with van der Waals surface area (Å²) < 4.78 is 12.4. The molecule has 0 saturated heterocycles. The Hall–Kier alpha value is -1.38. The molecule has 0 unspecified atom stereocenters. The van der Waals surface area contributed by atoms with Crippen LogP contribution in [0.5, 0.6) is 0 Å². The first-order chi connectivity index (χ1) is 6.22. The van der Waals surface area contributed by atoms with Crippen LogP contribution in [0.3, 0.4) is 0 Å². The smallest absolute Gasteiger partial charge is 0.224 e. The first-order valence-electron chi connectivity index (χ1n) is 4.07. The molecule has 13 heavy (non-hydrogen) atoms. The second-order valence-corrected chi connectivity index (χ2v) is 2.66. The van der Waals surface area contributed by atoms with E-state index in [2.05, 4.69) is 12.2 Å². The van der Waals surface area contributed by atoms with E-state index in [0.717, 1.165) is 0 Å². The van der Waals surface area contributed by atoms with Crippen LogP contribution in [0.1, 0.15) is 12.8 Å². The van der Waals surface area contributed by atoms with Gasteiger partial charge in [0.25, 0.3) is 0 Å². The second kappa shape index (κ2) is 4.60. The highest BCUT2D eigenvalue weighted by atomic mass is 19.1. The first kappa shape index (κ1) is 9.71. The summed E-state index contributed by atoms with van der Waals surface area (Å²) in [5, 5.41) is 2.62. The fraction of sp³-hybridized carbons (Fsp3) is 0.200. The molecule has 0 bridgehead atoms. The Morgan fingerprint density at radius 1 is 1.38 bits per heavy atom. The van der Waals surface area contributed by atoms with Gasteiger partial charge in [-0.15, -0.1) is 0 Å². The normalized spacial score (nSPS) is 9.69. The lowest BCUT2D eigenvalue weighted by molar-refractivity contribution is -0.116. The molecule has 3 heteroatoms. The summed E-state index contributed by atoms with van der Waals surface area (Å²) in [6, 6.07) is 5.66. The van der Waals surface area contributed by atoms with E-state index in [0.29, 0.717) is 18.5 Å². The van der Waals surface area contributed by atoms with Gasteiger partial charge in [0.1, 0.15) is 5.82 Å². The van der Waals surface area contributed by atoms with Gasteiger partial charge in [0.2, 0.25) is 5.91 Å². The number of hydrogen-bond donors (Lipinski definition) is 1. The largest absolute Gasteiger partial charge is 0.326 e. The molecular weight excluding hydrogens is 169 g/mol. The molecule has 0 heterocycles. The fourth-order valence-corrected chi connectivity index (χ4v) is 0.917. The molecule has 69 valence electrons. The molecule has 0 saturated carbocycles. The monoisotopic (exact) mass is 180 g/mol. The fourth-order valence-electron chi connectivity index (χ4n) is 0.917. The predicted molar refractivity (Wildman–Crippen MR) is 49.6 cm³/mol. The first-order valence-corrected chi connectivity index (χ1v) is 4.07. The van der Waals surface area contributed by atoms with Gasteiger partial charge in [0.15, 0.2) is 0 Å². The summed E-state index contributed by atoms with van der Waals surface area (Å²) in [6.07, 6.45) is 0.949. The molecule has 0 spiro atoms. The van der Waals surface area contributed by atoms with Crippen LogP contribution in [0.4, 0.5) is 10.1 Å². The van der Waals surface area contributed by atoms with Crippen LogP contribution in [-0.2, 0) is 4.79 Å². The van der Waals surface area contributed by atoms with E-state index in [9.17, 15) is 9.18 Å². The number of halogens is 1. The Morgan fingerprint density at radius 2 is 2.00 bits per heavy atom. The minimum Gasteiger partial charge on any atom is -0.326 e. The molecule has 0 aromatic heterocycles. The highest BCUT2D eigenvalue weighted by Crippen LogP contribution is 2.08. The topological polar surface area (TPSA) is 29.1 Å². The van der Waals surface area contributed by atoms with Crippen molar-refractivity contribution in [2.75, 3.05) is 5.32 Å². The number of benzene rings is 1. The molecule has 0 fully saturated rings. The van der Waals surface area contributed by atoms with Crippen molar-refractivity contribution < 1.29 is 9.18 Å². The Bertz CT molecular complexity index is 281. The van der Waals surface area contributed by atoms with Crippen molar-refractivity contribution in [2.24, 2.45) is 0 Å². The lowest BCUT2D eigenvalue weighted by atomic mass is 10.3. The van der Waals surface area contributed by atoms with Gasteiger partial charge in [-0.25, -0.2) is 4.39 Å². The van der Waals surface area contributed by atoms with Crippen molar-refractivity contribution >= 4 is 11.6 Å². The Kier molecular flexibility index (Phi) is 3.43. The zero-order chi connectivity index (χ0) is 9.68. The second-order valence-electron chi connectivity index (χ2n) is 2.66. The predicted octanol–water partition coefficient (Wildman–Crippen LogP) is 2.38. The zero-order valence-corrected chi connectivity index (χ0v) is 7.22. The molecule has 1 N–H and O–H groups in total. The molecule has 1 aromatic rings. The van der Waals surface area contributed by atoms with E-state index in [1.54, 1.807) is 0 Å². The van der Waals surface area contributed by atoms with Crippen molar-refractivity contribution in [3.63, 3.8) is 0 Å². The minimum atomic E-state index is -0.310. The Labute approximate surface area is 76.8 Å². The summed E-state index contributed by atoms with van der Waals surface area (Å²) in [5.41, 5.74) is 0.611. The molecule has 0 aliphatic rings. The van der Waals surface area contributed by atoms with Gasteiger partial charge in [-0.2, -0.15) is 0 Å². The van der Waals surface area contributed by atoms with Gasteiger partial charge in [0.05, 0.1) is 0 Å². The number of anilines is 1. The van der Waals surface area contributed by atoms with E-state index >= 15 is 0 Å². The Morgan fingerprint density at radius 3 is 2.54 bits per heavy atom. The number of amides is 1. The van der Waals surface area contributed by atoms with Gasteiger partial charge < -0.3 is 5.32 Å². The van der Waals surface area contributed by atoms with Crippen molar-refractivity contribution in [3.05, 3.63) is 37.0 Å². The molecule has 0 atom stereocenters. The third-order valence-corrected chi connectivity index (χ3v) is 1.53. The molecule has 1 aromatic carbocycles. The van der Waals surface area contributed by atoms with E-state index in [1.807, 2.05) is 0 Å². The summed E-state index contributed by atoms with van der Waals surface area (Å²) in [6.45, 7) is 3.56.